The predicted octanol–water partition coefficient (Wildman–Crippen LogP) is 5.94. The van der Waals surface area contributed by atoms with E-state index in [0.29, 0.717) is 4.75 Å². The smallest absolute Gasteiger partial charge is 0.0408 e. The van der Waals surface area contributed by atoms with Gasteiger partial charge in [-0.3, -0.25) is 0 Å². The lowest BCUT2D eigenvalue weighted by Gasteiger charge is -2.39. The van der Waals surface area contributed by atoms with Crippen molar-refractivity contribution in [3.63, 3.8) is 0 Å². The van der Waals surface area contributed by atoms with Gasteiger partial charge in [-0.1, -0.05) is 69.5 Å². The molecule has 0 nitrogen and oxygen atoms in total. The molecule has 0 atom stereocenters. The molecule has 0 heterocycles. The highest BCUT2D eigenvalue weighted by atomic mass is 32.2. The molecule has 19 heavy (non-hydrogen) atoms. The summed E-state index contributed by atoms with van der Waals surface area (Å²) in [5.74, 6) is 1.28. The maximum atomic E-state index is 4.48. The molecule has 0 aromatic heterocycles. The van der Waals surface area contributed by atoms with E-state index in [4.69, 9.17) is 0 Å². The first-order valence-corrected chi connectivity index (χ1v) is 8.66. The molecule has 1 heteroatoms. The normalized spacial score (nSPS) is 18.2. The Bertz CT molecular complexity index is 387. The van der Waals surface area contributed by atoms with Gasteiger partial charge in [0.1, 0.15) is 0 Å². The first kappa shape index (κ1) is 14.7. The minimum Gasteiger partial charge on any atom is -0.150 e. The van der Waals surface area contributed by atoms with Gasteiger partial charge in [0.2, 0.25) is 0 Å². The summed E-state index contributed by atoms with van der Waals surface area (Å²) in [7, 11) is 0. The van der Waals surface area contributed by atoms with Gasteiger partial charge in [-0.15, -0.1) is 0 Å². The monoisotopic (exact) mass is 274 g/mol. The highest BCUT2D eigenvalue weighted by Crippen LogP contribution is 2.48. The van der Waals surface area contributed by atoms with Crippen molar-refractivity contribution in [3.8, 4) is 0 Å². The van der Waals surface area contributed by atoms with Crippen LogP contribution in [-0.2, 0) is 0 Å². The van der Waals surface area contributed by atoms with Crippen molar-refractivity contribution in [3.05, 3.63) is 42.5 Å². The Hall–Kier alpha value is -0.690. The van der Waals surface area contributed by atoms with Crippen molar-refractivity contribution in [1.29, 1.82) is 0 Å². The fourth-order valence-electron chi connectivity index (χ4n) is 2.97. The lowest BCUT2D eigenvalue weighted by atomic mass is 9.81. The van der Waals surface area contributed by atoms with Crippen LogP contribution in [0, 0.1) is 0 Å². The lowest BCUT2D eigenvalue weighted by Crippen LogP contribution is -2.29. The maximum Gasteiger partial charge on any atom is 0.0408 e. The third-order valence-corrected chi connectivity index (χ3v) is 5.91. The van der Waals surface area contributed by atoms with E-state index >= 15 is 0 Å². The van der Waals surface area contributed by atoms with Crippen molar-refractivity contribution in [2.75, 3.05) is 5.75 Å². The average Bonchev–Trinajstić information content (AvgIpc) is 2.49. The van der Waals surface area contributed by atoms with Crippen LogP contribution in [0.3, 0.4) is 0 Å². The van der Waals surface area contributed by atoms with Crippen molar-refractivity contribution in [2.24, 2.45) is 0 Å². The van der Waals surface area contributed by atoms with Crippen LogP contribution in [0.1, 0.15) is 57.4 Å². The summed E-state index contributed by atoms with van der Waals surface area (Å²) in [6.45, 7) is 6.76. The average molecular weight is 274 g/mol. The number of unbranched alkanes of at least 4 members (excludes halogenated alkanes) is 1. The highest BCUT2D eigenvalue weighted by molar-refractivity contribution is 8.01. The summed E-state index contributed by atoms with van der Waals surface area (Å²) in [5, 5.41) is 0. The van der Waals surface area contributed by atoms with E-state index in [-0.39, 0.29) is 0 Å². The molecule has 1 aliphatic carbocycles. The van der Waals surface area contributed by atoms with Gasteiger partial charge in [-0.25, -0.2) is 0 Å². The third-order valence-electron chi connectivity index (χ3n) is 4.21. The Morgan fingerprint density at radius 2 is 1.84 bits per heavy atom. The van der Waals surface area contributed by atoms with Gasteiger partial charge in [-0.05, 0) is 36.2 Å². The Labute approximate surface area is 122 Å². The van der Waals surface area contributed by atoms with E-state index in [9.17, 15) is 0 Å². The summed E-state index contributed by atoms with van der Waals surface area (Å²) in [6.07, 6.45) is 9.38. The van der Waals surface area contributed by atoms with Crippen LogP contribution in [-0.4, -0.2) is 10.5 Å². The molecule has 0 bridgehead atoms. The lowest BCUT2D eigenvalue weighted by molar-refractivity contribution is 0.461. The van der Waals surface area contributed by atoms with Crippen molar-refractivity contribution in [1.82, 2.24) is 0 Å². The Morgan fingerprint density at radius 3 is 2.47 bits per heavy atom. The van der Waals surface area contributed by atoms with Crippen molar-refractivity contribution >= 4 is 17.3 Å². The van der Waals surface area contributed by atoms with Gasteiger partial charge in [0.15, 0.2) is 0 Å². The van der Waals surface area contributed by atoms with Crippen molar-refractivity contribution in [2.45, 2.75) is 56.6 Å². The summed E-state index contributed by atoms with van der Waals surface area (Å²) < 4.78 is 0.314. The summed E-state index contributed by atoms with van der Waals surface area (Å²) in [6, 6.07) is 10.8. The third kappa shape index (κ3) is 3.66. The molecule has 0 aliphatic heterocycles. The summed E-state index contributed by atoms with van der Waals surface area (Å²) >= 11 is 2.17. The van der Waals surface area contributed by atoms with Crippen LogP contribution in [0.5, 0.6) is 0 Å². The van der Waals surface area contributed by atoms with Crippen LogP contribution < -0.4 is 0 Å². The largest absolute Gasteiger partial charge is 0.150 e. The van der Waals surface area contributed by atoms with E-state index in [1.807, 2.05) is 0 Å². The van der Waals surface area contributed by atoms with Gasteiger partial charge >= 0.3 is 0 Å². The molecule has 0 radical (unpaired) electrons. The van der Waals surface area contributed by atoms with E-state index < -0.39 is 0 Å². The number of hydrogen-bond acceptors (Lipinski definition) is 1. The van der Waals surface area contributed by atoms with E-state index in [1.54, 1.807) is 0 Å². The second-order valence-electron chi connectivity index (χ2n) is 5.60. The first-order chi connectivity index (χ1) is 9.28. The highest BCUT2D eigenvalue weighted by Gasteiger charge is 2.35. The molecule has 1 aromatic rings. The SMILES string of the molecule is C=C(c1ccccc1)C1(SCCCC)CCCCC1. The van der Waals surface area contributed by atoms with Crippen LogP contribution in [0.25, 0.3) is 5.57 Å². The van der Waals surface area contributed by atoms with E-state index in [1.165, 1.54) is 61.8 Å². The number of rotatable bonds is 6. The second kappa shape index (κ2) is 7.19. The van der Waals surface area contributed by atoms with Crippen LogP contribution in [0.15, 0.2) is 36.9 Å². The standard InChI is InChI=1S/C18H26S/c1-3-4-15-19-18(13-9-6-10-14-18)16(2)17-11-7-5-8-12-17/h5,7-8,11-12H,2-4,6,9-10,13-15H2,1H3. The second-order valence-corrected chi connectivity index (χ2v) is 7.08. The minimum atomic E-state index is 0.314. The van der Waals surface area contributed by atoms with E-state index in [2.05, 4.69) is 55.6 Å². The number of thioether (sulfide) groups is 1. The molecule has 104 valence electrons. The van der Waals surface area contributed by atoms with Gasteiger partial charge in [0, 0.05) is 4.75 Å². The summed E-state index contributed by atoms with van der Waals surface area (Å²) in [5.41, 5.74) is 2.71. The zero-order valence-corrected chi connectivity index (χ0v) is 13.0. The van der Waals surface area contributed by atoms with Crippen LogP contribution in [0.4, 0.5) is 0 Å². The molecule has 1 fully saturated rings. The molecule has 0 spiro atoms. The molecular formula is C18H26S. The quantitative estimate of drug-likeness (QED) is 0.579. The molecule has 0 amide bonds. The molecular weight excluding hydrogens is 248 g/mol. The topological polar surface area (TPSA) is 0 Å². The Balaban J connectivity index is 2.14. The molecule has 0 N–H and O–H groups in total. The minimum absolute atomic E-state index is 0.314. The Morgan fingerprint density at radius 1 is 1.16 bits per heavy atom. The molecule has 1 aliphatic rings. The first-order valence-electron chi connectivity index (χ1n) is 7.67. The zero-order valence-electron chi connectivity index (χ0n) is 12.2. The molecule has 1 aromatic carbocycles. The number of hydrogen-bond donors (Lipinski definition) is 0. The Kier molecular flexibility index (Phi) is 5.57. The van der Waals surface area contributed by atoms with Gasteiger partial charge in [0.05, 0.1) is 0 Å². The molecule has 0 unspecified atom stereocenters. The van der Waals surface area contributed by atoms with Crippen molar-refractivity contribution < 1.29 is 0 Å². The molecule has 2 rings (SSSR count). The van der Waals surface area contributed by atoms with E-state index in [0.717, 1.165) is 0 Å². The van der Waals surface area contributed by atoms with Crippen LogP contribution >= 0.6 is 11.8 Å². The van der Waals surface area contributed by atoms with Gasteiger partial charge < -0.3 is 0 Å². The molecule has 1 saturated carbocycles. The summed E-state index contributed by atoms with van der Waals surface area (Å²) in [4.78, 5) is 0. The maximum absolute atomic E-state index is 4.48. The fourth-order valence-corrected chi connectivity index (χ4v) is 4.66. The number of benzene rings is 1. The fraction of sp³-hybridized carbons (Fsp3) is 0.556. The van der Waals surface area contributed by atoms with Crippen LogP contribution in [0.2, 0.25) is 0 Å². The molecule has 0 saturated heterocycles. The predicted molar refractivity (Wildman–Crippen MR) is 88.7 cm³/mol. The van der Waals surface area contributed by atoms with Gasteiger partial charge in [0.25, 0.3) is 0 Å². The van der Waals surface area contributed by atoms with Gasteiger partial charge in [-0.2, -0.15) is 11.8 Å². The zero-order chi connectivity index (χ0) is 13.6.